The molecule has 0 heterocycles. The quantitative estimate of drug-likeness (QED) is 0.725. The molecule has 0 saturated heterocycles. The number of carbonyl (C=O) groups is 1. The molecule has 1 unspecified atom stereocenters. The number of hydrogen-bond acceptors (Lipinski definition) is 2. The minimum atomic E-state index is -0.185. The third kappa shape index (κ3) is 4.30. The van der Waals surface area contributed by atoms with E-state index in [0.29, 0.717) is 0 Å². The molecule has 2 heteroatoms. The number of ether oxygens (including phenoxy) is 1. The van der Waals surface area contributed by atoms with Gasteiger partial charge in [-0.15, -0.1) is 0 Å². The van der Waals surface area contributed by atoms with Gasteiger partial charge in [0.1, 0.15) is 6.10 Å². The molecule has 0 aromatic heterocycles. The van der Waals surface area contributed by atoms with Crippen molar-refractivity contribution in [1.82, 2.24) is 0 Å². The lowest BCUT2D eigenvalue weighted by Crippen LogP contribution is -2.17. The van der Waals surface area contributed by atoms with E-state index >= 15 is 0 Å². The predicted molar refractivity (Wildman–Crippen MR) is 65.9 cm³/mol. The van der Waals surface area contributed by atoms with Gasteiger partial charge >= 0.3 is 5.97 Å². The number of rotatable bonds is 4. The number of carbonyl (C=O) groups excluding carboxylic acids is 1. The highest BCUT2D eigenvalue weighted by atomic mass is 16.5. The monoisotopic (exact) mass is 218 g/mol. The Morgan fingerprint density at radius 3 is 2.38 bits per heavy atom. The van der Waals surface area contributed by atoms with Crippen molar-refractivity contribution in [2.24, 2.45) is 5.92 Å². The largest absolute Gasteiger partial charge is 0.458 e. The third-order valence-electron chi connectivity index (χ3n) is 2.13. The summed E-state index contributed by atoms with van der Waals surface area (Å²) in [4.78, 5) is 11.3. The summed E-state index contributed by atoms with van der Waals surface area (Å²) in [7, 11) is 0. The second-order valence-corrected chi connectivity index (χ2v) is 4.07. The van der Waals surface area contributed by atoms with Gasteiger partial charge in [-0.05, 0) is 18.6 Å². The summed E-state index contributed by atoms with van der Waals surface area (Å²) < 4.78 is 5.21. The van der Waals surface area contributed by atoms with Crippen LogP contribution in [0.25, 0.3) is 6.08 Å². The first-order valence-corrected chi connectivity index (χ1v) is 5.53. The molecule has 1 rings (SSSR count). The molecule has 86 valence electrons. The molecule has 0 fully saturated rings. The van der Waals surface area contributed by atoms with Crippen LogP contribution in [0, 0.1) is 5.92 Å². The molecule has 2 nitrogen and oxygen atoms in total. The molecule has 0 aliphatic heterocycles. The Morgan fingerprint density at radius 1 is 1.19 bits per heavy atom. The summed E-state index contributed by atoms with van der Waals surface area (Å²) in [6.07, 6.45) is 3.66. The van der Waals surface area contributed by atoms with Crippen LogP contribution < -0.4 is 0 Å². The van der Waals surface area contributed by atoms with Crippen LogP contribution in [0.5, 0.6) is 0 Å². The van der Waals surface area contributed by atoms with Gasteiger partial charge in [-0.25, -0.2) is 0 Å². The zero-order valence-corrected chi connectivity index (χ0v) is 10.0. The van der Waals surface area contributed by atoms with Crippen molar-refractivity contribution in [2.45, 2.75) is 26.9 Å². The molecule has 0 N–H and O–H groups in total. The summed E-state index contributed by atoms with van der Waals surface area (Å²) in [6, 6.07) is 9.94. The van der Waals surface area contributed by atoms with Gasteiger partial charge in [-0.3, -0.25) is 4.79 Å². The normalized spacial score (nSPS) is 13.0. The van der Waals surface area contributed by atoms with E-state index in [4.69, 9.17) is 4.74 Å². The maximum Gasteiger partial charge on any atom is 0.308 e. The van der Waals surface area contributed by atoms with Crippen molar-refractivity contribution in [3.63, 3.8) is 0 Å². The Balaban J connectivity index is 2.49. The van der Waals surface area contributed by atoms with E-state index in [1.807, 2.05) is 63.3 Å². The van der Waals surface area contributed by atoms with Crippen LogP contribution in [0.15, 0.2) is 36.4 Å². The van der Waals surface area contributed by atoms with E-state index in [1.54, 1.807) is 0 Å². The first-order chi connectivity index (χ1) is 7.59. The number of benzene rings is 1. The second-order valence-electron chi connectivity index (χ2n) is 4.07. The molecule has 0 spiro atoms. The van der Waals surface area contributed by atoms with Gasteiger partial charge in [-0.2, -0.15) is 0 Å². The average Bonchev–Trinajstić information content (AvgIpc) is 2.27. The Morgan fingerprint density at radius 2 is 1.81 bits per heavy atom. The summed E-state index contributed by atoms with van der Waals surface area (Å²) in [5.41, 5.74) is 1.11. The van der Waals surface area contributed by atoms with Crippen molar-refractivity contribution in [2.75, 3.05) is 0 Å². The van der Waals surface area contributed by atoms with Crippen molar-refractivity contribution in [1.29, 1.82) is 0 Å². The molecule has 1 atom stereocenters. The fourth-order valence-electron chi connectivity index (χ4n) is 1.17. The van der Waals surface area contributed by atoms with E-state index in [9.17, 15) is 4.79 Å². The highest BCUT2D eigenvalue weighted by Gasteiger charge is 2.10. The third-order valence-corrected chi connectivity index (χ3v) is 2.13. The standard InChI is InChI=1S/C14H18O2/c1-11(2)14(15)16-12(3)9-10-13-7-5-4-6-8-13/h4-12H,1-3H3/b10-9+. The van der Waals surface area contributed by atoms with Crippen molar-refractivity contribution in [3.8, 4) is 0 Å². The van der Waals surface area contributed by atoms with Crippen LogP contribution in [0.3, 0.4) is 0 Å². The van der Waals surface area contributed by atoms with Crippen LogP contribution in [0.2, 0.25) is 0 Å². The molecule has 0 aliphatic rings. The van der Waals surface area contributed by atoms with E-state index < -0.39 is 0 Å². The van der Waals surface area contributed by atoms with Crippen LogP contribution in [-0.4, -0.2) is 12.1 Å². The topological polar surface area (TPSA) is 26.3 Å². The van der Waals surface area contributed by atoms with Gasteiger partial charge in [0, 0.05) is 0 Å². The molecule has 16 heavy (non-hydrogen) atoms. The van der Waals surface area contributed by atoms with Crippen molar-refractivity contribution < 1.29 is 9.53 Å². The number of esters is 1. The predicted octanol–water partition coefficient (Wildman–Crippen LogP) is 3.29. The lowest BCUT2D eigenvalue weighted by atomic mass is 10.2. The molecule has 0 saturated carbocycles. The Kier molecular flexibility index (Phi) is 4.77. The van der Waals surface area contributed by atoms with Crippen molar-refractivity contribution >= 4 is 12.0 Å². The zero-order chi connectivity index (χ0) is 12.0. The smallest absolute Gasteiger partial charge is 0.308 e. The van der Waals surface area contributed by atoms with Crippen LogP contribution in [0.1, 0.15) is 26.3 Å². The zero-order valence-electron chi connectivity index (χ0n) is 10.0. The van der Waals surface area contributed by atoms with Gasteiger partial charge in [0.25, 0.3) is 0 Å². The van der Waals surface area contributed by atoms with Crippen molar-refractivity contribution in [3.05, 3.63) is 42.0 Å². The Bertz CT molecular complexity index is 352. The highest BCUT2D eigenvalue weighted by Crippen LogP contribution is 2.05. The van der Waals surface area contributed by atoms with Gasteiger partial charge in [0.2, 0.25) is 0 Å². The Hall–Kier alpha value is -1.57. The fourth-order valence-corrected chi connectivity index (χ4v) is 1.17. The second kappa shape index (κ2) is 6.11. The summed E-state index contributed by atoms with van der Waals surface area (Å²) in [5.74, 6) is -0.238. The minimum Gasteiger partial charge on any atom is -0.458 e. The van der Waals surface area contributed by atoms with Gasteiger partial charge in [0.05, 0.1) is 5.92 Å². The SMILES string of the molecule is CC(/C=C/c1ccccc1)OC(=O)C(C)C. The minimum absolute atomic E-state index is 0.0763. The van der Waals surface area contributed by atoms with Crippen LogP contribution in [0.4, 0.5) is 0 Å². The molecule has 0 amide bonds. The molecular formula is C14H18O2. The lowest BCUT2D eigenvalue weighted by molar-refractivity contribution is -0.149. The molecule has 0 aliphatic carbocycles. The highest BCUT2D eigenvalue weighted by molar-refractivity contribution is 5.72. The fraction of sp³-hybridized carbons (Fsp3) is 0.357. The summed E-state index contributed by atoms with van der Waals surface area (Å²) in [5, 5.41) is 0. The van der Waals surface area contributed by atoms with E-state index in [0.717, 1.165) is 5.56 Å². The average molecular weight is 218 g/mol. The summed E-state index contributed by atoms with van der Waals surface area (Å²) in [6.45, 7) is 5.52. The molecule has 1 aromatic rings. The maximum atomic E-state index is 11.3. The van der Waals surface area contributed by atoms with Crippen LogP contribution in [-0.2, 0) is 9.53 Å². The van der Waals surface area contributed by atoms with Gasteiger partial charge in [0.15, 0.2) is 0 Å². The van der Waals surface area contributed by atoms with Gasteiger partial charge in [-0.1, -0.05) is 50.3 Å². The Labute approximate surface area is 96.9 Å². The molecular weight excluding hydrogens is 200 g/mol. The molecule has 0 radical (unpaired) electrons. The lowest BCUT2D eigenvalue weighted by Gasteiger charge is -2.10. The number of hydrogen-bond donors (Lipinski definition) is 0. The van der Waals surface area contributed by atoms with Gasteiger partial charge < -0.3 is 4.74 Å². The first kappa shape index (κ1) is 12.5. The first-order valence-electron chi connectivity index (χ1n) is 5.53. The maximum absolute atomic E-state index is 11.3. The summed E-state index contributed by atoms with van der Waals surface area (Å²) >= 11 is 0. The molecule has 0 bridgehead atoms. The van der Waals surface area contributed by atoms with E-state index in [-0.39, 0.29) is 18.0 Å². The van der Waals surface area contributed by atoms with E-state index in [2.05, 4.69) is 0 Å². The molecule has 1 aromatic carbocycles. The van der Waals surface area contributed by atoms with E-state index in [1.165, 1.54) is 0 Å². The van der Waals surface area contributed by atoms with Crippen LogP contribution >= 0.6 is 0 Å².